The lowest BCUT2D eigenvalue weighted by atomic mass is 10.1. The van der Waals surface area contributed by atoms with Gasteiger partial charge in [0.25, 0.3) is 0 Å². The molecule has 0 N–H and O–H groups in total. The summed E-state index contributed by atoms with van der Waals surface area (Å²) < 4.78 is 0. The Balaban J connectivity index is 1.86. The standard InChI is InChI=1S/C20H14N4S2/c1-13-11-25-19(23-13)17(9-21)7-15-3-5-16(6-4-15)8-18(10-22)20-24-14(2)12-26-20/h3-8,11-12H,1-2H3/b17-7+,18-8+. The maximum absolute atomic E-state index is 9.38. The van der Waals surface area contributed by atoms with Crippen LogP contribution in [0.5, 0.6) is 0 Å². The van der Waals surface area contributed by atoms with Gasteiger partial charge in [0.2, 0.25) is 0 Å². The van der Waals surface area contributed by atoms with Gasteiger partial charge in [-0.05, 0) is 37.1 Å². The van der Waals surface area contributed by atoms with Gasteiger partial charge in [0.1, 0.15) is 22.2 Å². The number of nitriles is 2. The van der Waals surface area contributed by atoms with Crippen molar-refractivity contribution >= 4 is 46.0 Å². The third-order valence-electron chi connectivity index (χ3n) is 3.50. The van der Waals surface area contributed by atoms with Crippen LogP contribution in [-0.4, -0.2) is 9.97 Å². The molecular formula is C20H14N4S2. The lowest BCUT2D eigenvalue weighted by Crippen LogP contribution is -1.83. The Kier molecular flexibility index (Phi) is 5.38. The van der Waals surface area contributed by atoms with Gasteiger partial charge in [-0.3, -0.25) is 0 Å². The number of nitrogens with zero attached hydrogens (tertiary/aromatic N) is 4. The summed E-state index contributed by atoms with van der Waals surface area (Å²) in [7, 11) is 0. The largest absolute Gasteiger partial charge is 0.241 e. The van der Waals surface area contributed by atoms with E-state index in [2.05, 4.69) is 22.1 Å². The van der Waals surface area contributed by atoms with E-state index in [-0.39, 0.29) is 0 Å². The van der Waals surface area contributed by atoms with Crippen molar-refractivity contribution in [2.24, 2.45) is 0 Å². The number of benzene rings is 1. The first-order chi connectivity index (χ1) is 12.6. The fourth-order valence-corrected chi connectivity index (χ4v) is 3.79. The van der Waals surface area contributed by atoms with E-state index in [4.69, 9.17) is 0 Å². The van der Waals surface area contributed by atoms with Crippen LogP contribution in [0.15, 0.2) is 35.0 Å². The Labute approximate surface area is 160 Å². The third kappa shape index (κ3) is 4.12. The Morgan fingerprint density at radius 2 is 1.19 bits per heavy atom. The molecule has 0 saturated carbocycles. The van der Waals surface area contributed by atoms with E-state index >= 15 is 0 Å². The first-order valence-electron chi connectivity index (χ1n) is 7.77. The number of hydrogen-bond donors (Lipinski definition) is 0. The summed E-state index contributed by atoms with van der Waals surface area (Å²) >= 11 is 2.92. The van der Waals surface area contributed by atoms with Crippen LogP contribution in [-0.2, 0) is 0 Å². The normalized spacial score (nSPS) is 11.8. The Morgan fingerprint density at radius 1 is 0.808 bits per heavy atom. The molecule has 1 aromatic carbocycles. The van der Waals surface area contributed by atoms with E-state index in [1.807, 2.05) is 61.0 Å². The minimum absolute atomic E-state index is 0.544. The lowest BCUT2D eigenvalue weighted by Gasteiger charge is -1.99. The van der Waals surface area contributed by atoms with Gasteiger partial charge in [0, 0.05) is 22.1 Å². The number of aromatic nitrogens is 2. The first-order valence-corrected chi connectivity index (χ1v) is 9.53. The zero-order valence-corrected chi connectivity index (χ0v) is 15.9. The van der Waals surface area contributed by atoms with Gasteiger partial charge in [0.05, 0.1) is 11.1 Å². The molecule has 4 nitrogen and oxygen atoms in total. The van der Waals surface area contributed by atoms with Crippen molar-refractivity contribution in [1.82, 2.24) is 9.97 Å². The predicted octanol–water partition coefficient (Wildman–Crippen LogP) is 5.34. The molecule has 0 bridgehead atoms. The third-order valence-corrected chi connectivity index (χ3v) is 5.49. The molecule has 0 aliphatic heterocycles. The molecule has 0 spiro atoms. The van der Waals surface area contributed by atoms with Gasteiger partial charge in [-0.15, -0.1) is 22.7 Å². The van der Waals surface area contributed by atoms with E-state index in [9.17, 15) is 10.5 Å². The van der Waals surface area contributed by atoms with Crippen LogP contribution in [0.25, 0.3) is 23.3 Å². The Morgan fingerprint density at radius 3 is 1.46 bits per heavy atom. The van der Waals surface area contributed by atoms with E-state index in [1.165, 1.54) is 22.7 Å². The maximum atomic E-state index is 9.38. The van der Waals surface area contributed by atoms with Crippen molar-refractivity contribution in [3.63, 3.8) is 0 Å². The van der Waals surface area contributed by atoms with E-state index in [0.717, 1.165) is 32.5 Å². The summed E-state index contributed by atoms with van der Waals surface area (Å²) in [6, 6.07) is 12.1. The van der Waals surface area contributed by atoms with E-state index < -0.39 is 0 Å². The second kappa shape index (κ2) is 7.88. The highest BCUT2D eigenvalue weighted by Gasteiger charge is 2.07. The predicted molar refractivity (Wildman–Crippen MR) is 107 cm³/mol. The van der Waals surface area contributed by atoms with Crippen molar-refractivity contribution in [1.29, 1.82) is 10.5 Å². The van der Waals surface area contributed by atoms with Gasteiger partial charge in [-0.2, -0.15) is 10.5 Å². The molecule has 3 aromatic rings. The molecule has 0 aliphatic carbocycles. The second-order valence-corrected chi connectivity index (χ2v) is 7.31. The average Bonchev–Trinajstić information content (AvgIpc) is 3.27. The molecule has 0 saturated heterocycles. The summed E-state index contributed by atoms with van der Waals surface area (Å²) in [5.74, 6) is 0. The van der Waals surface area contributed by atoms with Crippen LogP contribution in [0.3, 0.4) is 0 Å². The van der Waals surface area contributed by atoms with Gasteiger partial charge in [-0.25, -0.2) is 9.97 Å². The van der Waals surface area contributed by atoms with Crippen molar-refractivity contribution in [2.75, 3.05) is 0 Å². The number of thiazole rings is 2. The summed E-state index contributed by atoms with van der Waals surface area (Å²) in [5.41, 5.74) is 4.73. The number of aryl methyl sites for hydroxylation is 2. The smallest absolute Gasteiger partial charge is 0.134 e. The van der Waals surface area contributed by atoms with Crippen molar-refractivity contribution < 1.29 is 0 Å². The highest BCUT2D eigenvalue weighted by molar-refractivity contribution is 7.11. The average molecular weight is 374 g/mol. The van der Waals surface area contributed by atoms with Crippen molar-refractivity contribution in [3.05, 3.63) is 67.6 Å². The molecule has 0 atom stereocenters. The molecule has 0 fully saturated rings. The highest BCUT2D eigenvalue weighted by atomic mass is 32.1. The summed E-state index contributed by atoms with van der Waals surface area (Å²) in [6.45, 7) is 3.82. The molecule has 126 valence electrons. The molecule has 0 unspecified atom stereocenters. The summed E-state index contributed by atoms with van der Waals surface area (Å²) in [6.07, 6.45) is 3.64. The van der Waals surface area contributed by atoms with Crippen LogP contribution in [0.1, 0.15) is 32.5 Å². The summed E-state index contributed by atoms with van der Waals surface area (Å²) in [4.78, 5) is 8.72. The molecule has 26 heavy (non-hydrogen) atoms. The van der Waals surface area contributed by atoms with Gasteiger partial charge in [0.15, 0.2) is 0 Å². The molecule has 2 heterocycles. The lowest BCUT2D eigenvalue weighted by molar-refractivity contribution is 1.24. The van der Waals surface area contributed by atoms with Gasteiger partial charge < -0.3 is 0 Å². The SMILES string of the molecule is Cc1csc(/C(C#N)=C/c2ccc(/C=C(\C#N)c3nc(C)cs3)cc2)n1. The first kappa shape index (κ1) is 17.8. The zero-order valence-electron chi connectivity index (χ0n) is 14.2. The number of allylic oxidation sites excluding steroid dienone is 2. The second-order valence-electron chi connectivity index (χ2n) is 5.59. The molecule has 0 aliphatic rings. The van der Waals surface area contributed by atoms with E-state index in [1.54, 1.807) is 0 Å². The topological polar surface area (TPSA) is 73.4 Å². The molecule has 2 aromatic heterocycles. The minimum Gasteiger partial charge on any atom is -0.241 e. The van der Waals surface area contributed by atoms with Crippen LogP contribution < -0.4 is 0 Å². The van der Waals surface area contributed by atoms with E-state index in [0.29, 0.717) is 11.1 Å². The fourth-order valence-electron chi connectivity index (χ4n) is 2.26. The van der Waals surface area contributed by atoms with Crippen LogP contribution in [0.4, 0.5) is 0 Å². The molecule has 0 radical (unpaired) electrons. The quantitative estimate of drug-likeness (QED) is 0.577. The van der Waals surface area contributed by atoms with Gasteiger partial charge >= 0.3 is 0 Å². The molecule has 3 rings (SSSR count). The monoisotopic (exact) mass is 374 g/mol. The number of rotatable bonds is 4. The Hall–Kier alpha value is -3.06. The molecular weight excluding hydrogens is 360 g/mol. The van der Waals surface area contributed by atoms with Crippen molar-refractivity contribution in [3.8, 4) is 12.1 Å². The Bertz CT molecular complexity index is 983. The van der Waals surface area contributed by atoms with Gasteiger partial charge in [-0.1, -0.05) is 24.3 Å². The highest BCUT2D eigenvalue weighted by Crippen LogP contribution is 2.23. The zero-order chi connectivity index (χ0) is 18.5. The maximum Gasteiger partial charge on any atom is 0.134 e. The number of hydrogen-bond acceptors (Lipinski definition) is 6. The molecule has 0 amide bonds. The minimum atomic E-state index is 0.544. The van der Waals surface area contributed by atoms with Crippen LogP contribution in [0, 0.1) is 36.5 Å². The molecule has 6 heteroatoms. The van der Waals surface area contributed by atoms with Crippen molar-refractivity contribution in [2.45, 2.75) is 13.8 Å². The van der Waals surface area contributed by atoms with Crippen LogP contribution >= 0.6 is 22.7 Å². The fraction of sp³-hybridized carbons (Fsp3) is 0.100. The summed E-state index contributed by atoms with van der Waals surface area (Å²) in [5, 5.41) is 24.1. The van der Waals surface area contributed by atoms with Crippen LogP contribution in [0.2, 0.25) is 0 Å².